The number of amides is 1. The standard InChI is InChI=1S/C12H16N2O4/c1-18-8(7-13)6-11(15)14-10-5-3-2-4-9(10)12(16)17/h2-5,8H,6-7,13H2,1H3,(H,14,15)(H,16,17). The van der Waals surface area contributed by atoms with E-state index < -0.39 is 5.97 Å². The van der Waals surface area contributed by atoms with Crippen LogP contribution in [-0.4, -0.2) is 36.7 Å². The fourth-order valence-corrected chi connectivity index (χ4v) is 1.45. The molecule has 0 radical (unpaired) electrons. The summed E-state index contributed by atoms with van der Waals surface area (Å²) in [6, 6.07) is 6.20. The van der Waals surface area contributed by atoms with Gasteiger partial charge < -0.3 is 20.9 Å². The van der Waals surface area contributed by atoms with Gasteiger partial charge in [0.2, 0.25) is 5.91 Å². The second kappa shape index (κ2) is 6.73. The van der Waals surface area contributed by atoms with Crippen LogP contribution in [0.4, 0.5) is 5.69 Å². The van der Waals surface area contributed by atoms with Crippen molar-refractivity contribution in [2.75, 3.05) is 19.0 Å². The van der Waals surface area contributed by atoms with Crippen LogP contribution >= 0.6 is 0 Å². The second-order valence-corrected chi connectivity index (χ2v) is 3.70. The van der Waals surface area contributed by atoms with E-state index in [-0.39, 0.29) is 36.2 Å². The molecule has 0 aliphatic heterocycles. The van der Waals surface area contributed by atoms with Crippen LogP contribution in [0.3, 0.4) is 0 Å². The number of hydrogen-bond acceptors (Lipinski definition) is 4. The number of nitrogens with two attached hydrogens (primary N) is 1. The lowest BCUT2D eigenvalue weighted by Crippen LogP contribution is -2.28. The number of hydrogen-bond donors (Lipinski definition) is 3. The Balaban J connectivity index is 2.73. The van der Waals surface area contributed by atoms with Gasteiger partial charge in [-0.1, -0.05) is 12.1 Å². The number of aromatic carboxylic acids is 1. The van der Waals surface area contributed by atoms with Crippen LogP contribution < -0.4 is 11.1 Å². The minimum Gasteiger partial charge on any atom is -0.478 e. The van der Waals surface area contributed by atoms with Crippen molar-refractivity contribution in [2.24, 2.45) is 5.73 Å². The number of nitrogens with one attached hydrogen (secondary N) is 1. The minimum atomic E-state index is -1.09. The zero-order valence-electron chi connectivity index (χ0n) is 10.1. The summed E-state index contributed by atoms with van der Waals surface area (Å²) in [6.07, 6.45) is -0.289. The lowest BCUT2D eigenvalue weighted by atomic mass is 10.1. The summed E-state index contributed by atoms with van der Waals surface area (Å²) in [4.78, 5) is 22.6. The number of carboxylic acids is 1. The maximum Gasteiger partial charge on any atom is 0.337 e. The number of carbonyl (C=O) groups is 2. The molecule has 0 bridgehead atoms. The molecule has 0 aliphatic carbocycles. The maximum atomic E-state index is 11.7. The van der Waals surface area contributed by atoms with E-state index in [4.69, 9.17) is 15.6 Å². The summed E-state index contributed by atoms with van der Waals surface area (Å²) in [7, 11) is 1.47. The average molecular weight is 252 g/mol. The zero-order chi connectivity index (χ0) is 13.5. The molecule has 6 nitrogen and oxygen atoms in total. The van der Waals surface area contributed by atoms with Crippen LogP contribution in [0.5, 0.6) is 0 Å². The summed E-state index contributed by atoms with van der Waals surface area (Å²) in [6.45, 7) is 0.227. The van der Waals surface area contributed by atoms with Crippen molar-refractivity contribution in [1.29, 1.82) is 0 Å². The summed E-state index contributed by atoms with van der Waals surface area (Å²) in [5.74, 6) is -1.42. The van der Waals surface area contributed by atoms with Gasteiger partial charge in [0.05, 0.1) is 23.8 Å². The molecule has 1 aromatic carbocycles. The van der Waals surface area contributed by atoms with Gasteiger partial charge in [0.25, 0.3) is 0 Å². The molecule has 1 rings (SSSR count). The van der Waals surface area contributed by atoms with E-state index in [0.717, 1.165) is 0 Å². The van der Waals surface area contributed by atoms with Crippen LogP contribution in [0.25, 0.3) is 0 Å². The fourth-order valence-electron chi connectivity index (χ4n) is 1.45. The molecular formula is C12H16N2O4. The van der Waals surface area contributed by atoms with Gasteiger partial charge in [-0.3, -0.25) is 4.79 Å². The Kier molecular flexibility index (Phi) is 5.29. The Bertz CT molecular complexity index is 430. The van der Waals surface area contributed by atoms with E-state index in [2.05, 4.69) is 5.32 Å². The van der Waals surface area contributed by atoms with E-state index in [1.54, 1.807) is 12.1 Å². The third kappa shape index (κ3) is 3.83. The number of para-hydroxylation sites is 1. The highest BCUT2D eigenvalue weighted by atomic mass is 16.5. The van der Waals surface area contributed by atoms with E-state index in [9.17, 15) is 9.59 Å². The van der Waals surface area contributed by atoms with Gasteiger partial charge >= 0.3 is 5.97 Å². The Labute approximate surface area is 105 Å². The number of benzene rings is 1. The summed E-state index contributed by atoms with van der Waals surface area (Å²) < 4.78 is 4.98. The highest BCUT2D eigenvalue weighted by molar-refractivity contribution is 6.00. The Hall–Kier alpha value is -1.92. The number of methoxy groups -OCH3 is 1. The molecule has 0 spiro atoms. The third-order valence-electron chi connectivity index (χ3n) is 2.44. The Morgan fingerprint density at radius 1 is 1.44 bits per heavy atom. The first-order valence-electron chi connectivity index (χ1n) is 5.43. The van der Waals surface area contributed by atoms with Gasteiger partial charge in [0, 0.05) is 13.7 Å². The van der Waals surface area contributed by atoms with Crippen LogP contribution in [-0.2, 0) is 9.53 Å². The molecule has 98 valence electrons. The van der Waals surface area contributed by atoms with Crippen LogP contribution in [0.1, 0.15) is 16.8 Å². The molecule has 6 heteroatoms. The molecule has 1 atom stereocenters. The van der Waals surface area contributed by atoms with Crippen molar-refractivity contribution >= 4 is 17.6 Å². The molecular weight excluding hydrogens is 236 g/mol. The molecule has 1 aromatic rings. The van der Waals surface area contributed by atoms with E-state index in [0.29, 0.717) is 0 Å². The van der Waals surface area contributed by atoms with Crippen molar-refractivity contribution in [3.05, 3.63) is 29.8 Å². The molecule has 1 amide bonds. The van der Waals surface area contributed by atoms with Gasteiger partial charge in [-0.05, 0) is 12.1 Å². The monoisotopic (exact) mass is 252 g/mol. The van der Waals surface area contributed by atoms with Gasteiger partial charge in [-0.2, -0.15) is 0 Å². The fraction of sp³-hybridized carbons (Fsp3) is 0.333. The van der Waals surface area contributed by atoms with Crippen LogP contribution in [0.15, 0.2) is 24.3 Å². The molecule has 0 aliphatic rings. The summed E-state index contributed by atoms with van der Waals surface area (Å²) in [5.41, 5.74) is 5.72. The number of carbonyl (C=O) groups excluding carboxylic acids is 1. The number of anilines is 1. The van der Waals surface area contributed by atoms with Gasteiger partial charge in [-0.25, -0.2) is 4.79 Å². The molecule has 0 fully saturated rings. The predicted molar refractivity (Wildman–Crippen MR) is 66.5 cm³/mol. The summed E-state index contributed by atoms with van der Waals surface area (Å²) >= 11 is 0. The average Bonchev–Trinajstić information content (AvgIpc) is 2.36. The first-order valence-corrected chi connectivity index (χ1v) is 5.43. The van der Waals surface area contributed by atoms with Gasteiger partial charge in [-0.15, -0.1) is 0 Å². The SMILES string of the molecule is COC(CN)CC(=O)Nc1ccccc1C(=O)O. The minimum absolute atomic E-state index is 0.0487. The van der Waals surface area contributed by atoms with Gasteiger partial charge in [0.15, 0.2) is 0 Å². The third-order valence-corrected chi connectivity index (χ3v) is 2.44. The van der Waals surface area contributed by atoms with Crippen LogP contribution in [0.2, 0.25) is 0 Å². The van der Waals surface area contributed by atoms with Crippen molar-refractivity contribution < 1.29 is 19.4 Å². The lowest BCUT2D eigenvalue weighted by molar-refractivity contribution is -0.118. The highest BCUT2D eigenvalue weighted by Gasteiger charge is 2.15. The van der Waals surface area contributed by atoms with E-state index in [1.807, 2.05) is 0 Å². The second-order valence-electron chi connectivity index (χ2n) is 3.70. The molecule has 0 aromatic heterocycles. The quantitative estimate of drug-likeness (QED) is 0.691. The molecule has 4 N–H and O–H groups in total. The maximum absolute atomic E-state index is 11.7. The summed E-state index contributed by atoms with van der Waals surface area (Å²) in [5, 5.41) is 11.5. The molecule has 0 saturated carbocycles. The van der Waals surface area contributed by atoms with Crippen molar-refractivity contribution in [3.63, 3.8) is 0 Å². The first-order chi connectivity index (χ1) is 8.58. The molecule has 18 heavy (non-hydrogen) atoms. The van der Waals surface area contributed by atoms with Crippen LogP contribution in [0, 0.1) is 0 Å². The van der Waals surface area contributed by atoms with Crippen molar-refractivity contribution in [2.45, 2.75) is 12.5 Å². The smallest absolute Gasteiger partial charge is 0.337 e. The number of ether oxygens (including phenoxy) is 1. The first kappa shape index (κ1) is 14.1. The molecule has 0 heterocycles. The van der Waals surface area contributed by atoms with Gasteiger partial charge in [0.1, 0.15) is 0 Å². The largest absolute Gasteiger partial charge is 0.478 e. The molecule has 1 unspecified atom stereocenters. The zero-order valence-corrected chi connectivity index (χ0v) is 10.1. The lowest BCUT2D eigenvalue weighted by Gasteiger charge is -2.13. The van der Waals surface area contributed by atoms with E-state index >= 15 is 0 Å². The predicted octanol–water partition coefficient (Wildman–Crippen LogP) is 0.687. The molecule has 0 saturated heterocycles. The number of carboxylic acid groups (broad SMARTS) is 1. The Morgan fingerprint density at radius 3 is 2.67 bits per heavy atom. The van der Waals surface area contributed by atoms with E-state index in [1.165, 1.54) is 19.2 Å². The van der Waals surface area contributed by atoms with Crippen molar-refractivity contribution in [1.82, 2.24) is 0 Å². The highest BCUT2D eigenvalue weighted by Crippen LogP contribution is 2.15. The Morgan fingerprint density at radius 2 is 2.11 bits per heavy atom. The number of rotatable bonds is 6. The topological polar surface area (TPSA) is 102 Å². The normalized spacial score (nSPS) is 11.9. The van der Waals surface area contributed by atoms with Crippen molar-refractivity contribution in [3.8, 4) is 0 Å².